The number of benzene rings is 1. The zero-order valence-electron chi connectivity index (χ0n) is 11.3. The fourth-order valence-electron chi connectivity index (χ4n) is 2.67. The van der Waals surface area contributed by atoms with Crippen LogP contribution in [0.3, 0.4) is 0 Å². The van der Waals surface area contributed by atoms with E-state index in [4.69, 9.17) is 0 Å². The van der Waals surface area contributed by atoms with Crippen LogP contribution in [0.15, 0.2) is 23.8 Å². The number of fused-ring (bicyclic) bond motifs is 1. The molecule has 2 rings (SSSR count). The molecule has 1 aliphatic rings. The lowest BCUT2D eigenvalue weighted by Crippen LogP contribution is -2.00. The molecule has 1 heteroatoms. The lowest BCUT2D eigenvalue weighted by Gasteiger charge is -2.16. The van der Waals surface area contributed by atoms with E-state index in [1.54, 1.807) is 12.1 Å². The molecule has 1 aliphatic carbocycles. The van der Waals surface area contributed by atoms with Gasteiger partial charge in [-0.3, -0.25) is 0 Å². The van der Waals surface area contributed by atoms with E-state index in [-0.39, 0.29) is 5.82 Å². The smallest absolute Gasteiger partial charge is 0.123 e. The average molecular weight is 246 g/mol. The third-order valence-corrected chi connectivity index (χ3v) is 3.78. The zero-order valence-corrected chi connectivity index (χ0v) is 11.3. The minimum absolute atomic E-state index is 0.116. The van der Waals surface area contributed by atoms with Gasteiger partial charge in [0, 0.05) is 0 Å². The molecule has 0 saturated carbocycles. The van der Waals surface area contributed by atoms with Crippen LogP contribution in [0.1, 0.15) is 63.0 Å². The van der Waals surface area contributed by atoms with E-state index in [0.717, 1.165) is 18.4 Å². The molecule has 1 aromatic rings. The first kappa shape index (κ1) is 13.3. The summed E-state index contributed by atoms with van der Waals surface area (Å²) in [6.07, 6.45) is 12.3. The standard InChI is InChI=1S/C17H23F/c1-2-3-4-5-6-7-14-8-9-15-10-11-17(18)13-16(15)12-14/h10-13H,2-9H2,1H3. The van der Waals surface area contributed by atoms with E-state index >= 15 is 0 Å². The number of hydrogen-bond donors (Lipinski definition) is 0. The summed E-state index contributed by atoms with van der Waals surface area (Å²) in [5.74, 6) is -0.116. The van der Waals surface area contributed by atoms with Crippen LogP contribution in [0.2, 0.25) is 0 Å². The second kappa shape index (κ2) is 6.72. The van der Waals surface area contributed by atoms with Crippen LogP contribution in [0, 0.1) is 5.82 Å². The molecular formula is C17H23F. The van der Waals surface area contributed by atoms with E-state index in [0.29, 0.717) is 0 Å². The third-order valence-electron chi connectivity index (χ3n) is 3.78. The van der Waals surface area contributed by atoms with Crippen LogP contribution in [-0.4, -0.2) is 0 Å². The van der Waals surface area contributed by atoms with Crippen molar-refractivity contribution in [2.45, 2.75) is 58.3 Å². The van der Waals surface area contributed by atoms with Crippen molar-refractivity contribution in [1.29, 1.82) is 0 Å². The van der Waals surface area contributed by atoms with Crippen molar-refractivity contribution in [3.8, 4) is 0 Å². The molecule has 0 atom stereocenters. The molecule has 0 N–H and O–H groups in total. The highest BCUT2D eigenvalue weighted by molar-refractivity contribution is 5.59. The predicted octanol–water partition coefficient (Wildman–Crippen LogP) is 5.52. The van der Waals surface area contributed by atoms with Crippen molar-refractivity contribution in [3.63, 3.8) is 0 Å². The van der Waals surface area contributed by atoms with Gasteiger partial charge in [-0.05, 0) is 48.9 Å². The van der Waals surface area contributed by atoms with Crippen molar-refractivity contribution in [2.24, 2.45) is 0 Å². The molecule has 0 saturated heterocycles. The molecule has 0 nitrogen and oxygen atoms in total. The summed E-state index contributed by atoms with van der Waals surface area (Å²) in [6.45, 7) is 2.25. The highest BCUT2D eigenvalue weighted by Crippen LogP contribution is 2.27. The van der Waals surface area contributed by atoms with Gasteiger partial charge in [0.1, 0.15) is 5.82 Å². The molecule has 0 unspecified atom stereocenters. The summed E-state index contributed by atoms with van der Waals surface area (Å²) in [6, 6.07) is 5.17. The Hall–Kier alpha value is -1.11. The summed E-state index contributed by atoms with van der Waals surface area (Å²) in [5.41, 5.74) is 3.90. The Morgan fingerprint density at radius 1 is 1.06 bits per heavy atom. The van der Waals surface area contributed by atoms with Gasteiger partial charge in [-0.2, -0.15) is 0 Å². The number of unbranched alkanes of at least 4 members (excludes halogenated alkanes) is 4. The first-order valence-electron chi connectivity index (χ1n) is 7.27. The predicted molar refractivity (Wildman–Crippen MR) is 76.1 cm³/mol. The van der Waals surface area contributed by atoms with Gasteiger partial charge in [-0.1, -0.05) is 50.3 Å². The zero-order chi connectivity index (χ0) is 12.8. The summed E-state index contributed by atoms with van der Waals surface area (Å²) in [4.78, 5) is 0. The van der Waals surface area contributed by atoms with Gasteiger partial charge in [0.2, 0.25) is 0 Å². The van der Waals surface area contributed by atoms with Gasteiger partial charge in [0.15, 0.2) is 0 Å². The van der Waals surface area contributed by atoms with Crippen LogP contribution in [-0.2, 0) is 6.42 Å². The number of halogens is 1. The number of aryl methyl sites for hydroxylation is 1. The first-order valence-corrected chi connectivity index (χ1v) is 7.27. The minimum atomic E-state index is -0.116. The highest BCUT2D eigenvalue weighted by atomic mass is 19.1. The van der Waals surface area contributed by atoms with Crippen molar-refractivity contribution in [1.82, 2.24) is 0 Å². The van der Waals surface area contributed by atoms with Gasteiger partial charge in [-0.15, -0.1) is 0 Å². The normalized spacial score (nSPS) is 14.2. The average Bonchev–Trinajstić information content (AvgIpc) is 2.38. The fraction of sp³-hybridized carbons (Fsp3) is 0.529. The van der Waals surface area contributed by atoms with Crippen LogP contribution >= 0.6 is 0 Å². The van der Waals surface area contributed by atoms with Crippen LogP contribution in [0.25, 0.3) is 6.08 Å². The maximum absolute atomic E-state index is 13.2. The summed E-state index contributed by atoms with van der Waals surface area (Å²) < 4.78 is 13.2. The molecule has 0 spiro atoms. The maximum Gasteiger partial charge on any atom is 0.123 e. The summed E-state index contributed by atoms with van der Waals surface area (Å²) in [7, 11) is 0. The number of hydrogen-bond acceptors (Lipinski definition) is 0. The molecular weight excluding hydrogens is 223 g/mol. The van der Waals surface area contributed by atoms with Gasteiger partial charge < -0.3 is 0 Å². The van der Waals surface area contributed by atoms with E-state index in [9.17, 15) is 4.39 Å². The van der Waals surface area contributed by atoms with Crippen molar-refractivity contribution >= 4 is 6.08 Å². The molecule has 98 valence electrons. The Morgan fingerprint density at radius 3 is 2.72 bits per heavy atom. The SMILES string of the molecule is CCCCCCCC1=Cc2cc(F)ccc2CC1. The number of allylic oxidation sites excluding steroid dienone is 1. The van der Waals surface area contributed by atoms with E-state index < -0.39 is 0 Å². The third kappa shape index (κ3) is 3.69. The topological polar surface area (TPSA) is 0 Å². The Bertz CT molecular complexity index is 418. The summed E-state index contributed by atoms with van der Waals surface area (Å²) in [5, 5.41) is 0. The molecule has 0 bridgehead atoms. The molecule has 18 heavy (non-hydrogen) atoms. The van der Waals surface area contributed by atoms with Gasteiger partial charge >= 0.3 is 0 Å². The Kier molecular flexibility index (Phi) is 4.98. The molecule has 1 aromatic carbocycles. The lowest BCUT2D eigenvalue weighted by atomic mass is 9.89. The largest absolute Gasteiger partial charge is 0.207 e. The van der Waals surface area contributed by atoms with E-state index in [1.165, 1.54) is 49.7 Å². The first-order chi connectivity index (χ1) is 8.79. The van der Waals surface area contributed by atoms with Crippen LogP contribution in [0.4, 0.5) is 4.39 Å². The van der Waals surface area contributed by atoms with Gasteiger partial charge in [-0.25, -0.2) is 4.39 Å². The maximum atomic E-state index is 13.2. The summed E-state index contributed by atoms with van der Waals surface area (Å²) >= 11 is 0. The van der Waals surface area contributed by atoms with Crippen LogP contribution in [0.5, 0.6) is 0 Å². The fourth-order valence-corrected chi connectivity index (χ4v) is 2.67. The van der Waals surface area contributed by atoms with Crippen molar-refractivity contribution in [3.05, 3.63) is 40.7 Å². The van der Waals surface area contributed by atoms with E-state index in [1.807, 2.05) is 6.07 Å². The molecule has 0 heterocycles. The Labute approximate surface area is 110 Å². The van der Waals surface area contributed by atoms with E-state index in [2.05, 4.69) is 13.0 Å². The van der Waals surface area contributed by atoms with Crippen LogP contribution < -0.4 is 0 Å². The lowest BCUT2D eigenvalue weighted by molar-refractivity contribution is 0.620. The molecule has 0 radical (unpaired) electrons. The highest BCUT2D eigenvalue weighted by Gasteiger charge is 2.10. The van der Waals surface area contributed by atoms with Crippen molar-refractivity contribution < 1.29 is 4.39 Å². The Morgan fingerprint density at radius 2 is 1.89 bits per heavy atom. The van der Waals surface area contributed by atoms with Gasteiger partial charge in [0.25, 0.3) is 0 Å². The number of rotatable bonds is 6. The quantitative estimate of drug-likeness (QED) is 0.580. The molecule has 0 fully saturated rings. The van der Waals surface area contributed by atoms with Crippen molar-refractivity contribution in [2.75, 3.05) is 0 Å². The monoisotopic (exact) mass is 246 g/mol. The molecule has 0 aromatic heterocycles. The molecule has 0 aliphatic heterocycles. The van der Waals surface area contributed by atoms with Gasteiger partial charge in [0.05, 0.1) is 0 Å². The Balaban J connectivity index is 1.87. The second-order valence-corrected chi connectivity index (χ2v) is 5.31. The molecule has 0 amide bonds. The minimum Gasteiger partial charge on any atom is -0.207 e. The second-order valence-electron chi connectivity index (χ2n) is 5.31.